The number of halogens is 1. The summed E-state index contributed by atoms with van der Waals surface area (Å²) in [7, 11) is 1.23. The number of nitrogens with one attached hydrogen (secondary N) is 1. The molecule has 0 fully saturated rings. The van der Waals surface area contributed by atoms with Crippen molar-refractivity contribution >= 4 is 23.5 Å². The molecule has 0 radical (unpaired) electrons. The van der Waals surface area contributed by atoms with Gasteiger partial charge in [-0.2, -0.15) is 0 Å². The van der Waals surface area contributed by atoms with E-state index >= 15 is 0 Å². The summed E-state index contributed by atoms with van der Waals surface area (Å²) in [4.78, 5) is 28.0. The number of nitrogens with zero attached hydrogens (tertiary/aromatic N) is 1. The van der Waals surface area contributed by atoms with Gasteiger partial charge in [-0.1, -0.05) is 17.7 Å². The smallest absolute Gasteiger partial charge is 0.330 e. The van der Waals surface area contributed by atoms with Gasteiger partial charge in [-0.25, -0.2) is 9.78 Å². The molecule has 6 nitrogen and oxygen atoms in total. The third-order valence-electron chi connectivity index (χ3n) is 3.72. The van der Waals surface area contributed by atoms with Gasteiger partial charge in [0.25, 0.3) is 5.91 Å². The van der Waals surface area contributed by atoms with E-state index in [9.17, 15) is 14.7 Å². The molecule has 0 spiro atoms. The molecule has 0 aliphatic carbocycles. The minimum atomic E-state index is -1.25. The molecule has 2 aromatic rings. The third kappa shape index (κ3) is 4.09. The Morgan fingerprint density at radius 3 is 2.56 bits per heavy atom. The van der Waals surface area contributed by atoms with Crippen LogP contribution in [-0.2, 0) is 9.53 Å². The topological polar surface area (TPSA) is 88.5 Å². The van der Waals surface area contributed by atoms with E-state index in [1.165, 1.54) is 33.2 Å². The van der Waals surface area contributed by atoms with E-state index in [1.54, 1.807) is 12.1 Å². The number of aryl methyl sites for hydroxylation is 1. The lowest BCUT2D eigenvalue weighted by Gasteiger charge is -2.23. The predicted molar refractivity (Wildman–Crippen MR) is 94.6 cm³/mol. The molecule has 0 bridgehead atoms. The van der Waals surface area contributed by atoms with E-state index < -0.39 is 17.4 Å². The van der Waals surface area contributed by atoms with Crippen molar-refractivity contribution in [2.75, 3.05) is 7.11 Å². The van der Waals surface area contributed by atoms with Gasteiger partial charge in [0, 0.05) is 16.8 Å². The van der Waals surface area contributed by atoms with Crippen molar-refractivity contribution in [3.8, 4) is 16.9 Å². The number of pyridine rings is 1. The summed E-state index contributed by atoms with van der Waals surface area (Å²) in [5.74, 6) is -1.58. The molecular formula is C18H19ClN2O4. The number of hydrogen-bond acceptors (Lipinski definition) is 5. The number of rotatable bonds is 4. The van der Waals surface area contributed by atoms with Gasteiger partial charge in [-0.05, 0) is 50.1 Å². The number of benzene rings is 1. The number of aromatic nitrogens is 1. The molecule has 0 saturated carbocycles. The van der Waals surface area contributed by atoms with Crippen molar-refractivity contribution in [2.24, 2.45) is 0 Å². The number of aromatic hydroxyl groups is 1. The standard InChI is InChI=1S/C18H19ClN2O4/c1-10-5-6-12(19)8-13(10)11-7-14(22)15(20-9-11)16(23)21-18(2,3)17(24)25-4/h5-9,22H,1-4H3,(H,21,23). The van der Waals surface area contributed by atoms with E-state index in [2.05, 4.69) is 15.0 Å². The maximum atomic E-state index is 12.3. The van der Waals surface area contributed by atoms with Gasteiger partial charge in [-0.15, -0.1) is 0 Å². The Morgan fingerprint density at radius 2 is 1.96 bits per heavy atom. The number of hydrogen-bond donors (Lipinski definition) is 2. The van der Waals surface area contributed by atoms with E-state index in [0.717, 1.165) is 11.1 Å². The maximum Gasteiger partial charge on any atom is 0.330 e. The Labute approximate surface area is 150 Å². The zero-order chi connectivity index (χ0) is 18.8. The lowest BCUT2D eigenvalue weighted by Crippen LogP contribution is -2.50. The number of esters is 1. The van der Waals surface area contributed by atoms with E-state index in [-0.39, 0.29) is 11.4 Å². The first-order chi connectivity index (χ1) is 11.7. The SMILES string of the molecule is COC(=O)C(C)(C)NC(=O)c1ncc(-c2cc(Cl)ccc2C)cc1O. The van der Waals surface area contributed by atoms with Crippen molar-refractivity contribution in [2.45, 2.75) is 26.3 Å². The van der Waals surface area contributed by atoms with Crippen LogP contribution >= 0.6 is 11.6 Å². The van der Waals surface area contributed by atoms with E-state index in [0.29, 0.717) is 10.6 Å². The summed E-state index contributed by atoms with van der Waals surface area (Å²) >= 11 is 6.01. The second kappa shape index (κ2) is 7.11. The van der Waals surface area contributed by atoms with Crippen LogP contribution in [0.1, 0.15) is 29.9 Å². The first-order valence-corrected chi connectivity index (χ1v) is 7.90. The fourth-order valence-corrected chi connectivity index (χ4v) is 2.50. The van der Waals surface area contributed by atoms with Crippen LogP contribution in [0.4, 0.5) is 0 Å². The Balaban J connectivity index is 2.32. The predicted octanol–water partition coefficient (Wildman–Crippen LogP) is 3.10. The van der Waals surface area contributed by atoms with Crippen LogP contribution in [0.25, 0.3) is 11.1 Å². The molecule has 1 heterocycles. The molecule has 0 atom stereocenters. The molecule has 0 aliphatic heterocycles. The summed E-state index contributed by atoms with van der Waals surface area (Å²) in [6.07, 6.45) is 1.47. The van der Waals surface area contributed by atoms with Crippen LogP contribution in [-0.4, -0.2) is 34.6 Å². The van der Waals surface area contributed by atoms with Gasteiger partial charge in [0.1, 0.15) is 11.3 Å². The molecule has 0 unspecified atom stereocenters. The second-order valence-corrected chi connectivity index (χ2v) is 6.56. The third-order valence-corrected chi connectivity index (χ3v) is 3.95. The maximum absolute atomic E-state index is 12.3. The first-order valence-electron chi connectivity index (χ1n) is 7.52. The van der Waals surface area contributed by atoms with Crippen molar-refractivity contribution in [1.29, 1.82) is 0 Å². The molecule has 2 rings (SSSR count). The fourth-order valence-electron chi connectivity index (χ4n) is 2.33. The summed E-state index contributed by atoms with van der Waals surface area (Å²) in [6.45, 7) is 4.90. The molecule has 25 heavy (non-hydrogen) atoms. The van der Waals surface area contributed by atoms with Gasteiger partial charge in [0.05, 0.1) is 7.11 Å². The fraction of sp³-hybridized carbons (Fsp3) is 0.278. The molecule has 1 amide bonds. The van der Waals surface area contributed by atoms with E-state index in [1.807, 2.05) is 13.0 Å². The second-order valence-electron chi connectivity index (χ2n) is 6.12. The minimum Gasteiger partial charge on any atom is -0.505 e. The number of methoxy groups -OCH3 is 1. The summed E-state index contributed by atoms with van der Waals surface area (Å²) in [5, 5.41) is 13.2. The Morgan fingerprint density at radius 1 is 1.28 bits per heavy atom. The van der Waals surface area contributed by atoms with Crippen LogP contribution in [0, 0.1) is 6.92 Å². The zero-order valence-electron chi connectivity index (χ0n) is 14.4. The van der Waals surface area contributed by atoms with Gasteiger partial charge in [0.15, 0.2) is 5.69 Å². The molecule has 7 heteroatoms. The highest BCUT2D eigenvalue weighted by molar-refractivity contribution is 6.30. The molecule has 1 aromatic carbocycles. The number of amides is 1. The highest BCUT2D eigenvalue weighted by Gasteiger charge is 2.32. The van der Waals surface area contributed by atoms with Crippen LogP contribution < -0.4 is 5.32 Å². The highest BCUT2D eigenvalue weighted by atomic mass is 35.5. The first kappa shape index (κ1) is 18.7. The number of ether oxygens (including phenoxy) is 1. The van der Waals surface area contributed by atoms with Crippen molar-refractivity contribution in [1.82, 2.24) is 10.3 Å². The number of carbonyl (C=O) groups excluding carboxylic acids is 2. The van der Waals surface area contributed by atoms with Gasteiger partial charge < -0.3 is 15.2 Å². The van der Waals surface area contributed by atoms with Crippen molar-refractivity contribution < 1.29 is 19.4 Å². The number of carbonyl (C=O) groups is 2. The van der Waals surface area contributed by atoms with Gasteiger partial charge >= 0.3 is 5.97 Å². The van der Waals surface area contributed by atoms with Crippen molar-refractivity contribution in [3.05, 3.63) is 46.7 Å². The lowest BCUT2D eigenvalue weighted by molar-refractivity contribution is -0.146. The Kier molecular flexibility index (Phi) is 5.33. The van der Waals surface area contributed by atoms with Crippen LogP contribution in [0.2, 0.25) is 5.02 Å². The van der Waals surface area contributed by atoms with Crippen molar-refractivity contribution in [3.63, 3.8) is 0 Å². The average molecular weight is 363 g/mol. The molecule has 1 aromatic heterocycles. The normalized spacial score (nSPS) is 11.1. The van der Waals surface area contributed by atoms with E-state index in [4.69, 9.17) is 11.6 Å². The largest absolute Gasteiger partial charge is 0.505 e. The Hall–Kier alpha value is -2.60. The zero-order valence-corrected chi connectivity index (χ0v) is 15.1. The lowest BCUT2D eigenvalue weighted by atomic mass is 10.0. The monoisotopic (exact) mass is 362 g/mol. The highest BCUT2D eigenvalue weighted by Crippen LogP contribution is 2.29. The molecular weight excluding hydrogens is 344 g/mol. The van der Waals surface area contributed by atoms with Gasteiger partial charge in [-0.3, -0.25) is 4.79 Å². The van der Waals surface area contributed by atoms with Gasteiger partial charge in [0.2, 0.25) is 0 Å². The van der Waals surface area contributed by atoms with Crippen LogP contribution in [0.5, 0.6) is 5.75 Å². The van der Waals surface area contributed by atoms with Crippen LogP contribution in [0.3, 0.4) is 0 Å². The quantitative estimate of drug-likeness (QED) is 0.816. The molecule has 2 N–H and O–H groups in total. The molecule has 0 saturated heterocycles. The minimum absolute atomic E-state index is 0.180. The summed E-state index contributed by atoms with van der Waals surface area (Å²) < 4.78 is 4.63. The summed E-state index contributed by atoms with van der Waals surface area (Å²) in [5.41, 5.74) is 0.954. The molecule has 132 valence electrons. The average Bonchev–Trinajstić information content (AvgIpc) is 2.55. The van der Waals surface area contributed by atoms with Crippen LogP contribution in [0.15, 0.2) is 30.5 Å². The molecule has 0 aliphatic rings. The Bertz CT molecular complexity index is 834. The summed E-state index contributed by atoms with van der Waals surface area (Å²) in [6, 6.07) is 6.82.